The van der Waals surface area contributed by atoms with E-state index in [1.54, 1.807) is 0 Å². The molecule has 2 aliphatic rings. The molecule has 164 valence electrons. The van der Waals surface area contributed by atoms with Crippen LogP contribution in [0.2, 0.25) is 0 Å². The molecular weight excluding hydrogens is 386 g/mol. The van der Waals surface area contributed by atoms with E-state index in [0.29, 0.717) is 11.7 Å². The van der Waals surface area contributed by atoms with Crippen molar-refractivity contribution in [3.8, 4) is 0 Å². The van der Waals surface area contributed by atoms with Crippen LogP contribution in [0, 0.1) is 0 Å². The number of nitrogens with zero attached hydrogens (tertiary/aromatic N) is 2. The molecule has 6 heteroatoms. The minimum absolute atomic E-state index is 0.0384. The molecular formula is C25H33N5O. The summed E-state index contributed by atoms with van der Waals surface area (Å²) in [7, 11) is 2.00. The average Bonchev–Trinajstić information content (AvgIpc) is 3.59. The van der Waals surface area contributed by atoms with Crippen LogP contribution < -0.4 is 16.4 Å². The van der Waals surface area contributed by atoms with Gasteiger partial charge in [0.1, 0.15) is 12.2 Å². The van der Waals surface area contributed by atoms with Crippen LogP contribution in [0.1, 0.15) is 37.1 Å². The largest absolute Gasteiger partial charge is 0.402 e. The molecule has 0 spiro atoms. The van der Waals surface area contributed by atoms with Gasteiger partial charge in [0.05, 0.1) is 0 Å². The van der Waals surface area contributed by atoms with Crippen LogP contribution in [0.4, 0.5) is 5.69 Å². The van der Waals surface area contributed by atoms with Crippen LogP contribution in [0.3, 0.4) is 0 Å². The summed E-state index contributed by atoms with van der Waals surface area (Å²) in [5.74, 6) is 0.0384. The second kappa shape index (κ2) is 9.54. The Labute approximate surface area is 185 Å². The van der Waals surface area contributed by atoms with Crippen LogP contribution in [0.15, 0.2) is 66.4 Å². The number of fused-ring (bicyclic) bond motifs is 1. The smallest absolute Gasteiger partial charge is 0.241 e. The maximum absolute atomic E-state index is 12.8. The van der Waals surface area contributed by atoms with Gasteiger partial charge >= 0.3 is 0 Å². The molecule has 1 amide bonds. The number of hydrogen-bond donors (Lipinski definition) is 3. The summed E-state index contributed by atoms with van der Waals surface area (Å²) >= 11 is 0. The van der Waals surface area contributed by atoms with Crippen LogP contribution in [0.5, 0.6) is 0 Å². The van der Waals surface area contributed by atoms with Gasteiger partial charge < -0.3 is 16.4 Å². The quantitative estimate of drug-likeness (QED) is 0.613. The van der Waals surface area contributed by atoms with Crippen molar-refractivity contribution >= 4 is 11.6 Å². The van der Waals surface area contributed by atoms with Crippen molar-refractivity contribution in [1.29, 1.82) is 0 Å². The monoisotopic (exact) mass is 419 g/mol. The number of carbonyl (C=O) groups excluding carboxylic acids is 1. The van der Waals surface area contributed by atoms with Gasteiger partial charge in [-0.3, -0.25) is 14.6 Å². The zero-order valence-corrected chi connectivity index (χ0v) is 18.4. The van der Waals surface area contributed by atoms with E-state index in [1.807, 2.05) is 26.1 Å². The predicted octanol–water partition coefficient (Wildman–Crippen LogP) is 3.05. The molecule has 1 heterocycles. The zero-order valence-electron chi connectivity index (χ0n) is 18.4. The van der Waals surface area contributed by atoms with E-state index in [2.05, 4.69) is 69.0 Å². The zero-order chi connectivity index (χ0) is 21.8. The fourth-order valence-corrected chi connectivity index (χ4v) is 4.08. The summed E-state index contributed by atoms with van der Waals surface area (Å²) in [6.07, 6.45) is 4.10. The van der Waals surface area contributed by atoms with Crippen LogP contribution >= 0.6 is 0 Å². The number of likely N-dealkylation sites (N-methyl/N-ethyl adjacent to an activating group) is 1. The molecule has 0 radical (unpaired) electrons. The van der Waals surface area contributed by atoms with E-state index in [9.17, 15) is 4.79 Å². The molecule has 31 heavy (non-hydrogen) atoms. The van der Waals surface area contributed by atoms with E-state index in [-0.39, 0.29) is 18.1 Å². The minimum Gasteiger partial charge on any atom is -0.402 e. The van der Waals surface area contributed by atoms with Gasteiger partial charge in [-0.2, -0.15) is 0 Å². The Morgan fingerprint density at radius 1 is 1.23 bits per heavy atom. The molecule has 2 atom stereocenters. The number of rotatable bonds is 8. The van der Waals surface area contributed by atoms with Gasteiger partial charge in [-0.05, 0) is 50.1 Å². The lowest BCUT2D eigenvalue weighted by atomic mass is 10.0. The molecule has 6 nitrogen and oxygen atoms in total. The van der Waals surface area contributed by atoms with Crippen molar-refractivity contribution in [2.45, 2.75) is 44.6 Å². The van der Waals surface area contributed by atoms with E-state index >= 15 is 0 Å². The number of hydrogen-bond acceptors (Lipinski definition) is 5. The molecule has 4 rings (SSSR count). The molecule has 1 aliphatic carbocycles. The molecule has 0 bridgehead atoms. The van der Waals surface area contributed by atoms with Gasteiger partial charge in [0.2, 0.25) is 5.91 Å². The first-order valence-electron chi connectivity index (χ1n) is 11.1. The Hall–Kier alpha value is -2.83. The van der Waals surface area contributed by atoms with E-state index in [4.69, 9.17) is 5.73 Å². The van der Waals surface area contributed by atoms with Gasteiger partial charge in [-0.1, -0.05) is 48.5 Å². The summed E-state index contributed by atoms with van der Waals surface area (Å²) in [5, 5.41) is 6.82. The lowest BCUT2D eigenvalue weighted by molar-refractivity contribution is -0.124. The first-order valence-corrected chi connectivity index (χ1v) is 11.1. The normalized spacial score (nSPS) is 20.1. The van der Waals surface area contributed by atoms with Crippen molar-refractivity contribution in [1.82, 2.24) is 15.1 Å². The summed E-state index contributed by atoms with van der Waals surface area (Å²) < 4.78 is 0. The molecule has 1 saturated carbocycles. The first kappa shape index (κ1) is 21.4. The fourth-order valence-electron chi connectivity index (χ4n) is 4.08. The van der Waals surface area contributed by atoms with Crippen molar-refractivity contribution in [2.75, 3.05) is 25.5 Å². The Morgan fingerprint density at radius 2 is 1.94 bits per heavy atom. The van der Waals surface area contributed by atoms with E-state index in [0.717, 1.165) is 32.5 Å². The van der Waals surface area contributed by atoms with Gasteiger partial charge in [-0.25, -0.2) is 0 Å². The number of benzene rings is 2. The maximum Gasteiger partial charge on any atom is 0.241 e. The summed E-state index contributed by atoms with van der Waals surface area (Å²) in [5.41, 5.74) is 10.3. The Balaban J connectivity index is 1.48. The number of allylic oxidation sites excluding steroid dienone is 1. The molecule has 2 aromatic rings. The highest BCUT2D eigenvalue weighted by Gasteiger charge is 2.30. The van der Waals surface area contributed by atoms with Crippen molar-refractivity contribution in [3.63, 3.8) is 0 Å². The first-order chi connectivity index (χ1) is 15.0. The van der Waals surface area contributed by atoms with Gasteiger partial charge in [0.25, 0.3) is 0 Å². The molecule has 2 unspecified atom stereocenters. The Morgan fingerprint density at radius 3 is 2.65 bits per heavy atom. The molecule has 2 aromatic carbocycles. The molecule has 1 aliphatic heterocycles. The minimum atomic E-state index is -0.356. The summed E-state index contributed by atoms with van der Waals surface area (Å²) in [6.45, 7) is 4.27. The number of nitrogens with two attached hydrogens (primary N) is 1. The number of para-hydroxylation sites is 1. The van der Waals surface area contributed by atoms with Crippen LogP contribution in [0.25, 0.3) is 0 Å². The van der Waals surface area contributed by atoms with Gasteiger partial charge in [0, 0.05) is 37.1 Å². The fraction of sp³-hybridized carbons (Fsp3) is 0.400. The van der Waals surface area contributed by atoms with Gasteiger partial charge in [-0.15, -0.1) is 0 Å². The number of nitrogens with one attached hydrogen (secondary N) is 2. The van der Waals surface area contributed by atoms with Crippen LogP contribution in [-0.4, -0.2) is 47.9 Å². The lowest BCUT2D eigenvalue weighted by Crippen LogP contribution is -2.48. The highest BCUT2D eigenvalue weighted by molar-refractivity contribution is 5.84. The summed E-state index contributed by atoms with van der Waals surface area (Å²) in [4.78, 5) is 17.3. The second-order valence-corrected chi connectivity index (χ2v) is 8.70. The van der Waals surface area contributed by atoms with E-state index < -0.39 is 0 Å². The topological polar surface area (TPSA) is 73.6 Å². The maximum atomic E-state index is 12.8. The SMILES string of the molecule is C/C(N)=C\C(C(=O)NC1CC1)N(C)CCN1Cc2ccccc2NC1c1ccccc1. The van der Waals surface area contributed by atoms with Crippen molar-refractivity contribution in [2.24, 2.45) is 5.73 Å². The highest BCUT2D eigenvalue weighted by Crippen LogP contribution is 2.32. The molecule has 1 fully saturated rings. The van der Waals surface area contributed by atoms with Crippen LogP contribution in [-0.2, 0) is 11.3 Å². The third-order valence-corrected chi connectivity index (χ3v) is 5.99. The number of anilines is 1. The van der Waals surface area contributed by atoms with Crippen molar-refractivity contribution in [3.05, 3.63) is 77.5 Å². The third kappa shape index (κ3) is 5.46. The lowest BCUT2D eigenvalue weighted by Gasteiger charge is -2.39. The number of amides is 1. The second-order valence-electron chi connectivity index (χ2n) is 8.70. The third-order valence-electron chi connectivity index (χ3n) is 5.99. The van der Waals surface area contributed by atoms with Gasteiger partial charge in [0.15, 0.2) is 0 Å². The number of carbonyl (C=O) groups is 1. The standard InChI is InChI=1S/C25H33N5O/c1-18(26)16-23(25(31)27-21-12-13-21)29(2)14-15-30-17-20-10-6-7-11-22(20)28-24(30)19-8-4-3-5-9-19/h3-11,16,21,23-24,28H,12-15,17,26H2,1-2H3,(H,27,31)/b18-16+. The molecule has 0 saturated heterocycles. The Kier molecular flexibility index (Phi) is 6.59. The molecule has 0 aromatic heterocycles. The predicted molar refractivity (Wildman–Crippen MR) is 125 cm³/mol. The van der Waals surface area contributed by atoms with Crippen molar-refractivity contribution < 1.29 is 4.79 Å². The summed E-state index contributed by atoms with van der Waals surface area (Å²) in [6, 6.07) is 19.0. The average molecular weight is 420 g/mol. The Bertz CT molecular complexity index is 921. The molecule has 4 N–H and O–H groups in total. The highest BCUT2D eigenvalue weighted by atomic mass is 16.2. The van der Waals surface area contributed by atoms with E-state index in [1.165, 1.54) is 16.8 Å².